The minimum atomic E-state index is -0.956. The monoisotopic (exact) mass is 338 g/mol. The molecule has 1 heterocycles. The van der Waals surface area contributed by atoms with Gasteiger partial charge >= 0.3 is 11.7 Å². The Kier molecular flexibility index (Phi) is 5.16. The number of carboxylic acids is 1. The summed E-state index contributed by atoms with van der Waals surface area (Å²) < 4.78 is 0. The van der Waals surface area contributed by atoms with Gasteiger partial charge in [0.2, 0.25) is 5.16 Å². The van der Waals surface area contributed by atoms with Crippen molar-refractivity contribution in [1.29, 1.82) is 0 Å². The SMILES string of the molecule is CO[N+](=O)c1cc(N(C)C)ccc1-c1nc(SCC(=O)O)n[nH]1. The second kappa shape index (κ2) is 7.09. The number of carboxylic acid groups (broad SMARTS) is 1. The Hall–Kier alpha value is -2.62. The van der Waals surface area contributed by atoms with Crippen LogP contribution >= 0.6 is 11.8 Å². The quantitative estimate of drug-likeness (QED) is 0.579. The van der Waals surface area contributed by atoms with Crippen molar-refractivity contribution in [2.24, 2.45) is 0 Å². The molecule has 2 aromatic rings. The van der Waals surface area contributed by atoms with E-state index < -0.39 is 5.97 Å². The summed E-state index contributed by atoms with van der Waals surface area (Å²) in [4.78, 5) is 33.7. The summed E-state index contributed by atoms with van der Waals surface area (Å²) in [5.41, 5.74) is 1.59. The van der Waals surface area contributed by atoms with Crippen LogP contribution in [0.2, 0.25) is 0 Å². The van der Waals surface area contributed by atoms with E-state index in [1.165, 1.54) is 7.11 Å². The number of nitrogens with one attached hydrogen (secondary N) is 1. The summed E-state index contributed by atoms with van der Waals surface area (Å²) in [6.45, 7) is 0. The molecule has 0 spiro atoms. The number of thioether (sulfide) groups is 1. The van der Waals surface area contributed by atoms with Crippen molar-refractivity contribution >= 4 is 29.1 Å². The Morgan fingerprint density at radius 1 is 1.48 bits per heavy atom. The second-order valence-corrected chi connectivity index (χ2v) is 5.63. The first-order valence-electron chi connectivity index (χ1n) is 6.52. The smallest absolute Gasteiger partial charge is 0.329 e. The number of hydrogen-bond donors (Lipinski definition) is 2. The zero-order chi connectivity index (χ0) is 17.0. The first-order valence-corrected chi connectivity index (χ1v) is 7.51. The first-order chi connectivity index (χ1) is 10.9. The number of rotatable bonds is 7. The standard InChI is InChI=1S/C13H15N5O4S/c1-17(2)8-4-5-9(10(6-8)18(21)22-3)12-14-13(16-15-12)23-7-11(19)20/h4-6H,7H2,1-3H3,(H-,14,15,16,19,20,21)/p+1. The van der Waals surface area contributed by atoms with Crippen molar-refractivity contribution in [1.82, 2.24) is 15.2 Å². The molecule has 0 aliphatic carbocycles. The van der Waals surface area contributed by atoms with Crippen LogP contribution < -0.4 is 4.90 Å². The van der Waals surface area contributed by atoms with Crippen LogP contribution in [0.25, 0.3) is 11.4 Å². The zero-order valence-electron chi connectivity index (χ0n) is 12.8. The molecule has 0 amide bonds. The molecule has 0 bridgehead atoms. The topological polar surface area (TPSA) is 111 Å². The summed E-state index contributed by atoms with van der Waals surface area (Å²) >= 11 is 0.988. The van der Waals surface area contributed by atoms with Crippen molar-refractivity contribution in [2.75, 3.05) is 31.9 Å². The van der Waals surface area contributed by atoms with E-state index >= 15 is 0 Å². The molecular weight excluding hydrogens is 322 g/mol. The third kappa shape index (κ3) is 3.97. The largest absolute Gasteiger partial charge is 0.481 e. The van der Waals surface area contributed by atoms with Gasteiger partial charge in [-0.3, -0.25) is 9.89 Å². The number of H-pyrrole nitrogens is 1. The second-order valence-electron chi connectivity index (χ2n) is 4.68. The van der Waals surface area contributed by atoms with Gasteiger partial charge in [0.25, 0.3) is 4.92 Å². The van der Waals surface area contributed by atoms with Gasteiger partial charge in [-0.2, -0.15) is 0 Å². The van der Waals surface area contributed by atoms with Gasteiger partial charge in [0.05, 0.1) is 10.7 Å². The van der Waals surface area contributed by atoms with Crippen molar-refractivity contribution < 1.29 is 19.7 Å². The normalized spacial score (nSPS) is 10.4. The molecule has 1 aromatic carbocycles. The van der Waals surface area contributed by atoms with Crippen LogP contribution in [0.15, 0.2) is 23.4 Å². The van der Waals surface area contributed by atoms with Crippen LogP contribution in [0, 0.1) is 4.91 Å². The van der Waals surface area contributed by atoms with E-state index in [4.69, 9.17) is 9.94 Å². The summed E-state index contributed by atoms with van der Waals surface area (Å²) in [5, 5.41) is 15.6. The molecule has 10 heteroatoms. The Labute approximate surface area is 136 Å². The van der Waals surface area contributed by atoms with Gasteiger partial charge in [-0.15, -0.1) is 5.10 Å². The van der Waals surface area contributed by atoms with Gasteiger partial charge in [-0.05, 0) is 12.1 Å². The highest BCUT2D eigenvalue weighted by molar-refractivity contribution is 7.99. The molecule has 0 fully saturated rings. The first kappa shape index (κ1) is 16.7. The fraction of sp³-hybridized carbons (Fsp3) is 0.308. The fourth-order valence-electron chi connectivity index (χ4n) is 1.81. The Morgan fingerprint density at radius 2 is 2.22 bits per heavy atom. The number of aromatic nitrogens is 3. The maximum atomic E-state index is 11.9. The highest BCUT2D eigenvalue weighted by atomic mass is 32.2. The molecule has 9 nitrogen and oxygen atoms in total. The van der Waals surface area contributed by atoms with Gasteiger partial charge in [0.15, 0.2) is 12.9 Å². The van der Waals surface area contributed by atoms with Crippen LogP contribution in [0.5, 0.6) is 0 Å². The minimum absolute atomic E-state index is 0.143. The zero-order valence-corrected chi connectivity index (χ0v) is 13.6. The molecule has 0 aliphatic rings. The lowest BCUT2D eigenvalue weighted by molar-refractivity contribution is -0.736. The number of aliphatic carboxylic acids is 1. The van der Waals surface area contributed by atoms with Crippen LogP contribution in [-0.4, -0.2) is 58.1 Å². The molecule has 122 valence electrons. The predicted molar refractivity (Wildman–Crippen MR) is 84.8 cm³/mol. The number of anilines is 1. The molecule has 23 heavy (non-hydrogen) atoms. The van der Waals surface area contributed by atoms with E-state index in [0.29, 0.717) is 21.5 Å². The van der Waals surface area contributed by atoms with Crippen LogP contribution in [0.1, 0.15) is 0 Å². The lowest BCUT2D eigenvalue weighted by Gasteiger charge is -2.12. The molecule has 1 aromatic heterocycles. The Bertz CT molecular complexity index is 731. The third-order valence-electron chi connectivity index (χ3n) is 2.90. The lowest BCUT2D eigenvalue weighted by Crippen LogP contribution is -2.10. The summed E-state index contributed by atoms with van der Waals surface area (Å²) in [7, 11) is 4.99. The number of benzene rings is 1. The number of hydrogen-bond acceptors (Lipinski definition) is 7. The fourth-order valence-corrected chi connectivity index (χ4v) is 2.32. The van der Waals surface area contributed by atoms with Gasteiger partial charge in [-0.1, -0.05) is 11.8 Å². The Morgan fingerprint density at radius 3 is 2.83 bits per heavy atom. The maximum absolute atomic E-state index is 11.9. The van der Waals surface area contributed by atoms with Gasteiger partial charge in [0.1, 0.15) is 5.56 Å². The molecule has 0 saturated heterocycles. The molecule has 2 N–H and O–H groups in total. The van der Waals surface area contributed by atoms with E-state index in [0.717, 1.165) is 17.4 Å². The summed E-state index contributed by atoms with van der Waals surface area (Å²) in [6, 6.07) is 5.22. The van der Waals surface area contributed by atoms with Crippen molar-refractivity contribution in [3.05, 3.63) is 23.1 Å². The number of carbonyl (C=O) groups is 1. The van der Waals surface area contributed by atoms with Gasteiger partial charge in [0, 0.05) is 25.8 Å². The molecule has 0 atom stereocenters. The van der Waals surface area contributed by atoms with E-state index in [1.807, 2.05) is 25.1 Å². The number of aromatic amines is 1. The Balaban J connectivity index is 2.38. The molecule has 0 unspecified atom stereocenters. The van der Waals surface area contributed by atoms with Crippen LogP contribution in [0.4, 0.5) is 11.4 Å². The van der Waals surface area contributed by atoms with E-state index in [1.54, 1.807) is 12.1 Å². The van der Waals surface area contributed by atoms with Gasteiger partial charge in [-0.25, -0.2) is 9.82 Å². The molecule has 0 radical (unpaired) electrons. The number of nitrogens with zero attached hydrogens (tertiary/aromatic N) is 4. The minimum Gasteiger partial charge on any atom is -0.481 e. The molecular formula is C13H16N5O4S+. The third-order valence-corrected chi connectivity index (χ3v) is 3.74. The van der Waals surface area contributed by atoms with Crippen molar-refractivity contribution in [3.63, 3.8) is 0 Å². The molecule has 0 aliphatic heterocycles. The van der Waals surface area contributed by atoms with E-state index in [-0.39, 0.29) is 11.4 Å². The summed E-state index contributed by atoms with van der Waals surface area (Å²) in [5.74, 6) is -0.742. The van der Waals surface area contributed by atoms with Crippen molar-refractivity contribution in [3.8, 4) is 11.4 Å². The molecule has 2 rings (SSSR count). The van der Waals surface area contributed by atoms with Crippen LogP contribution in [0.3, 0.4) is 0 Å². The summed E-state index contributed by atoms with van der Waals surface area (Å²) in [6.07, 6.45) is 0. The van der Waals surface area contributed by atoms with E-state index in [2.05, 4.69) is 15.2 Å². The average Bonchev–Trinajstić information content (AvgIpc) is 3.00. The predicted octanol–water partition coefficient (Wildman–Crippen LogP) is 1.69. The molecule has 0 saturated carbocycles. The van der Waals surface area contributed by atoms with Gasteiger partial charge < -0.3 is 10.0 Å². The lowest BCUT2D eigenvalue weighted by atomic mass is 10.1. The highest BCUT2D eigenvalue weighted by Crippen LogP contribution is 2.32. The maximum Gasteiger partial charge on any atom is 0.329 e. The average molecular weight is 338 g/mol. The van der Waals surface area contributed by atoms with Crippen molar-refractivity contribution in [2.45, 2.75) is 5.16 Å². The van der Waals surface area contributed by atoms with Crippen LogP contribution in [-0.2, 0) is 9.63 Å². The highest BCUT2D eigenvalue weighted by Gasteiger charge is 2.25. The van der Waals surface area contributed by atoms with E-state index in [9.17, 15) is 9.70 Å².